The van der Waals surface area contributed by atoms with E-state index in [1.165, 1.54) is 0 Å². The quantitative estimate of drug-likeness (QED) is 0.789. The maximum Gasteiger partial charge on any atom is 0.154 e. The van der Waals surface area contributed by atoms with Crippen molar-refractivity contribution in [2.75, 3.05) is 18.0 Å². The fourth-order valence-electron chi connectivity index (χ4n) is 2.44. The maximum absolute atomic E-state index is 6.06. The molecule has 1 fully saturated rings. The van der Waals surface area contributed by atoms with Crippen molar-refractivity contribution >= 4 is 11.3 Å². The zero-order valence-electron chi connectivity index (χ0n) is 10.2. The van der Waals surface area contributed by atoms with Crippen molar-refractivity contribution in [3.8, 4) is 0 Å². The zero-order chi connectivity index (χ0) is 12.0. The van der Waals surface area contributed by atoms with E-state index in [0.29, 0.717) is 5.92 Å². The van der Waals surface area contributed by atoms with Crippen LogP contribution in [0.15, 0.2) is 18.5 Å². The van der Waals surface area contributed by atoms with Gasteiger partial charge < -0.3 is 10.6 Å². The van der Waals surface area contributed by atoms with Crippen LogP contribution in [0, 0.1) is 12.8 Å². The number of fused-ring (bicyclic) bond motifs is 1. The van der Waals surface area contributed by atoms with Crippen LogP contribution in [0.3, 0.4) is 0 Å². The summed E-state index contributed by atoms with van der Waals surface area (Å²) in [4.78, 5) is 6.74. The summed E-state index contributed by atoms with van der Waals surface area (Å²) >= 11 is 0. The van der Waals surface area contributed by atoms with Crippen LogP contribution in [0.25, 0.3) is 5.52 Å². The van der Waals surface area contributed by atoms with Crippen LogP contribution in [0.1, 0.15) is 12.6 Å². The molecule has 5 nitrogen and oxygen atoms in total. The van der Waals surface area contributed by atoms with E-state index < -0.39 is 0 Å². The summed E-state index contributed by atoms with van der Waals surface area (Å²) in [6, 6.07) is 2.30. The van der Waals surface area contributed by atoms with Crippen LogP contribution in [0.2, 0.25) is 0 Å². The molecule has 3 rings (SSSR count). The molecule has 0 spiro atoms. The summed E-state index contributed by atoms with van der Waals surface area (Å²) in [5, 5.41) is 4.40. The lowest BCUT2D eigenvalue weighted by Crippen LogP contribution is -2.28. The Kier molecular flexibility index (Phi) is 2.29. The molecular formula is C12H17N5. The first-order chi connectivity index (χ1) is 8.15. The summed E-state index contributed by atoms with van der Waals surface area (Å²) in [5.41, 5.74) is 8.13. The molecule has 1 aliphatic rings. The molecule has 90 valence electrons. The second-order valence-corrected chi connectivity index (χ2v) is 4.91. The fraction of sp³-hybridized carbons (Fsp3) is 0.500. The molecule has 2 unspecified atom stereocenters. The van der Waals surface area contributed by atoms with Crippen molar-refractivity contribution in [3.05, 3.63) is 24.2 Å². The molecule has 0 bridgehead atoms. The molecule has 2 aromatic heterocycles. The highest BCUT2D eigenvalue weighted by molar-refractivity contribution is 5.69. The zero-order valence-corrected chi connectivity index (χ0v) is 10.2. The van der Waals surface area contributed by atoms with Crippen molar-refractivity contribution in [1.29, 1.82) is 0 Å². The third-order valence-electron chi connectivity index (χ3n) is 3.46. The molecule has 0 aromatic carbocycles. The Labute approximate surface area is 100 Å². The molecule has 3 heterocycles. The molecule has 17 heavy (non-hydrogen) atoms. The molecule has 2 N–H and O–H groups in total. The monoisotopic (exact) mass is 231 g/mol. The van der Waals surface area contributed by atoms with Crippen LogP contribution < -0.4 is 10.6 Å². The third-order valence-corrected chi connectivity index (χ3v) is 3.46. The second-order valence-electron chi connectivity index (χ2n) is 4.91. The standard InChI is InChI=1S/C12H17N5/c1-8-6-16(7-10(8)13)12-11-5-9(2)15-17(11)4-3-14-12/h3-5,8,10H,6-7,13H2,1-2H3. The lowest BCUT2D eigenvalue weighted by molar-refractivity contribution is 0.566. The van der Waals surface area contributed by atoms with Gasteiger partial charge in [0.15, 0.2) is 5.82 Å². The van der Waals surface area contributed by atoms with Crippen molar-refractivity contribution in [1.82, 2.24) is 14.6 Å². The number of hydrogen-bond acceptors (Lipinski definition) is 4. The van der Waals surface area contributed by atoms with Crippen molar-refractivity contribution in [3.63, 3.8) is 0 Å². The Morgan fingerprint density at radius 3 is 2.94 bits per heavy atom. The molecule has 0 saturated carbocycles. The van der Waals surface area contributed by atoms with Gasteiger partial charge in [-0.2, -0.15) is 5.10 Å². The minimum absolute atomic E-state index is 0.237. The van der Waals surface area contributed by atoms with Crippen molar-refractivity contribution in [2.24, 2.45) is 11.7 Å². The first-order valence-corrected chi connectivity index (χ1v) is 5.96. The van der Waals surface area contributed by atoms with Gasteiger partial charge in [0.25, 0.3) is 0 Å². The lowest BCUT2D eigenvalue weighted by atomic mass is 10.1. The highest BCUT2D eigenvalue weighted by atomic mass is 15.3. The summed E-state index contributed by atoms with van der Waals surface area (Å²) in [5.74, 6) is 1.51. The normalized spacial score (nSPS) is 24.8. The first kappa shape index (κ1) is 10.5. The van der Waals surface area contributed by atoms with Crippen LogP contribution in [-0.4, -0.2) is 33.7 Å². The van der Waals surface area contributed by atoms with Gasteiger partial charge in [0.2, 0.25) is 0 Å². The Bertz CT molecular complexity index is 537. The number of aromatic nitrogens is 3. The molecular weight excluding hydrogens is 214 g/mol. The summed E-state index contributed by atoms with van der Waals surface area (Å²) in [6.45, 7) is 6.03. The number of anilines is 1. The Morgan fingerprint density at radius 2 is 2.24 bits per heavy atom. The molecule has 0 radical (unpaired) electrons. The average Bonchev–Trinajstić information content (AvgIpc) is 2.81. The van der Waals surface area contributed by atoms with Gasteiger partial charge in [-0.05, 0) is 18.9 Å². The van der Waals surface area contributed by atoms with Crippen molar-refractivity contribution in [2.45, 2.75) is 19.9 Å². The SMILES string of the molecule is Cc1cc2c(N3CC(C)C(N)C3)nccn2n1. The average molecular weight is 231 g/mol. The molecule has 0 amide bonds. The fourth-order valence-corrected chi connectivity index (χ4v) is 2.44. The van der Waals surface area contributed by atoms with E-state index in [1.807, 2.05) is 17.6 Å². The highest BCUT2D eigenvalue weighted by Crippen LogP contribution is 2.25. The van der Waals surface area contributed by atoms with Crippen molar-refractivity contribution < 1.29 is 0 Å². The topological polar surface area (TPSA) is 59.5 Å². The largest absolute Gasteiger partial charge is 0.353 e. The van der Waals surface area contributed by atoms with Crippen LogP contribution in [-0.2, 0) is 0 Å². The summed E-state index contributed by atoms with van der Waals surface area (Å²) in [6.07, 6.45) is 3.68. The number of rotatable bonds is 1. The van der Waals surface area contributed by atoms with Gasteiger partial charge in [0, 0.05) is 31.5 Å². The first-order valence-electron chi connectivity index (χ1n) is 5.96. The Balaban J connectivity index is 2.05. The molecule has 2 atom stereocenters. The van der Waals surface area contributed by atoms with Crippen LogP contribution in [0.5, 0.6) is 0 Å². The van der Waals surface area contributed by atoms with Gasteiger partial charge in [0.05, 0.1) is 5.69 Å². The van der Waals surface area contributed by atoms with Gasteiger partial charge in [-0.3, -0.25) is 0 Å². The van der Waals surface area contributed by atoms with Gasteiger partial charge in [-0.25, -0.2) is 9.50 Å². The number of hydrogen-bond donors (Lipinski definition) is 1. The van der Waals surface area contributed by atoms with Gasteiger partial charge in [0.1, 0.15) is 5.52 Å². The van der Waals surface area contributed by atoms with E-state index in [9.17, 15) is 0 Å². The van der Waals surface area contributed by atoms with E-state index in [4.69, 9.17) is 5.73 Å². The van der Waals surface area contributed by atoms with Crippen LogP contribution in [0.4, 0.5) is 5.82 Å². The van der Waals surface area contributed by atoms with E-state index >= 15 is 0 Å². The van der Waals surface area contributed by atoms with E-state index in [0.717, 1.165) is 30.1 Å². The van der Waals surface area contributed by atoms with E-state index in [-0.39, 0.29) is 6.04 Å². The van der Waals surface area contributed by atoms with E-state index in [1.54, 1.807) is 6.20 Å². The number of aryl methyl sites for hydroxylation is 1. The molecule has 0 aliphatic carbocycles. The van der Waals surface area contributed by atoms with Gasteiger partial charge in [-0.15, -0.1) is 0 Å². The molecule has 5 heteroatoms. The minimum Gasteiger partial charge on any atom is -0.353 e. The predicted octanol–water partition coefficient (Wildman–Crippen LogP) is 0.821. The van der Waals surface area contributed by atoms with Gasteiger partial charge in [-0.1, -0.05) is 6.92 Å². The highest BCUT2D eigenvalue weighted by Gasteiger charge is 2.28. The molecule has 1 aliphatic heterocycles. The Hall–Kier alpha value is -1.62. The molecule has 2 aromatic rings. The second kappa shape index (κ2) is 3.70. The maximum atomic E-state index is 6.06. The predicted molar refractivity (Wildman–Crippen MR) is 67.1 cm³/mol. The third kappa shape index (κ3) is 1.67. The molecule has 1 saturated heterocycles. The summed E-state index contributed by atoms with van der Waals surface area (Å²) < 4.78 is 1.88. The minimum atomic E-state index is 0.237. The lowest BCUT2D eigenvalue weighted by Gasteiger charge is -2.17. The number of nitrogens with two attached hydrogens (primary N) is 1. The summed E-state index contributed by atoms with van der Waals surface area (Å²) in [7, 11) is 0. The smallest absolute Gasteiger partial charge is 0.154 e. The van der Waals surface area contributed by atoms with E-state index in [2.05, 4.69) is 28.0 Å². The number of nitrogens with zero attached hydrogens (tertiary/aromatic N) is 4. The van der Waals surface area contributed by atoms with Crippen LogP contribution >= 0.6 is 0 Å². The van der Waals surface area contributed by atoms with Gasteiger partial charge >= 0.3 is 0 Å². The Morgan fingerprint density at radius 1 is 1.41 bits per heavy atom.